The van der Waals surface area contributed by atoms with Crippen molar-refractivity contribution < 1.29 is 23.7 Å². The minimum atomic E-state index is -0.114. The zero-order valence-electron chi connectivity index (χ0n) is 21.7. The van der Waals surface area contributed by atoms with Crippen molar-refractivity contribution in [3.05, 3.63) is 0 Å². The summed E-state index contributed by atoms with van der Waals surface area (Å²) in [5.41, 5.74) is 0. The zero-order chi connectivity index (χ0) is 23.5. The van der Waals surface area contributed by atoms with Gasteiger partial charge in [-0.15, -0.1) is 0 Å². The van der Waals surface area contributed by atoms with Crippen LogP contribution in [0.25, 0.3) is 0 Å². The molecule has 0 fully saturated rings. The van der Waals surface area contributed by atoms with E-state index in [0.29, 0.717) is 45.9 Å². The number of ether oxygens (including phenoxy) is 4. The molecule has 5 heteroatoms. The highest BCUT2D eigenvalue weighted by Gasteiger charge is 2.09. The number of hydrogen-bond acceptors (Lipinski definition) is 5. The number of hydrogen-bond donors (Lipinski definition) is 0. The molecule has 5 nitrogen and oxygen atoms in total. The van der Waals surface area contributed by atoms with Gasteiger partial charge in [0.2, 0.25) is 0 Å². The van der Waals surface area contributed by atoms with E-state index in [1.54, 1.807) is 0 Å². The van der Waals surface area contributed by atoms with Gasteiger partial charge < -0.3 is 18.9 Å². The third-order valence-electron chi connectivity index (χ3n) is 5.60. The average Bonchev–Trinajstić information content (AvgIpc) is 2.78. The van der Waals surface area contributed by atoms with Gasteiger partial charge in [-0.1, -0.05) is 84.5 Å². The molecule has 0 N–H and O–H groups in total. The first-order valence-corrected chi connectivity index (χ1v) is 13.6. The molecule has 0 amide bonds. The molecule has 0 heterocycles. The maximum Gasteiger partial charge on any atom is 0.306 e. The summed E-state index contributed by atoms with van der Waals surface area (Å²) in [6, 6.07) is 0. The highest BCUT2D eigenvalue weighted by atomic mass is 16.5. The monoisotopic (exact) mass is 458 g/mol. The first-order valence-electron chi connectivity index (χ1n) is 13.6. The summed E-state index contributed by atoms with van der Waals surface area (Å²) in [5.74, 6) is -0.114. The Balaban J connectivity index is 3.19. The van der Waals surface area contributed by atoms with Crippen LogP contribution < -0.4 is 0 Å². The summed E-state index contributed by atoms with van der Waals surface area (Å²) < 4.78 is 22.1. The van der Waals surface area contributed by atoms with Crippen LogP contribution in [-0.2, 0) is 23.7 Å². The van der Waals surface area contributed by atoms with Gasteiger partial charge in [-0.3, -0.25) is 4.79 Å². The van der Waals surface area contributed by atoms with Crippen molar-refractivity contribution in [2.45, 2.75) is 130 Å². The lowest BCUT2D eigenvalue weighted by Gasteiger charge is -2.13. The Kier molecular flexibility index (Phi) is 26.1. The number of rotatable bonds is 26. The first-order chi connectivity index (χ1) is 15.7. The maximum atomic E-state index is 11.8. The number of carbonyl (C=O) groups excluding carboxylic acids is 1. The van der Waals surface area contributed by atoms with Gasteiger partial charge in [0.1, 0.15) is 0 Å². The second-order valence-corrected chi connectivity index (χ2v) is 8.92. The molecular weight excluding hydrogens is 404 g/mol. The molecule has 0 saturated carbocycles. The minimum absolute atomic E-state index is 0.0243. The van der Waals surface area contributed by atoms with Gasteiger partial charge in [0.25, 0.3) is 0 Å². The van der Waals surface area contributed by atoms with Crippen LogP contribution >= 0.6 is 0 Å². The zero-order valence-corrected chi connectivity index (χ0v) is 21.7. The molecule has 1 unspecified atom stereocenters. The summed E-state index contributed by atoms with van der Waals surface area (Å²) in [4.78, 5) is 11.8. The van der Waals surface area contributed by atoms with Crippen LogP contribution in [-0.4, -0.2) is 51.7 Å². The average molecular weight is 459 g/mol. The van der Waals surface area contributed by atoms with Gasteiger partial charge in [-0.05, 0) is 32.6 Å². The fraction of sp³-hybridized carbons (Fsp3) is 0.963. The highest BCUT2D eigenvalue weighted by Crippen LogP contribution is 2.10. The first kappa shape index (κ1) is 31.4. The molecule has 0 aromatic carbocycles. The molecule has 0 rings (SSSR count). The number of esters is 1. The lowest BCUT2D eigenvalue weighted by atomic mass is 10.1. The molecule has 0 aliphatic rings. The van der Waals surface area contributed by atoms with Gasteiger partial charge in [0.05, 0.1) is 32.5 Å². The fourth-order valence-electron chi connectivity index (χ4n) is 3.58. The second kappa shape index (κ2) is 26.6. The van der Waals surface area contributed by atoms with Gasteiger partial charge >= 0.3 is 5.97 Å². The standard InChI is InChI=1S/C27H54O5/c1-4-6-8-10-11-12-13-14-16-20-29-22-24-31-25-23-30-21-17-19-27(28)32-26(3)18-15-9-7-5-2/h26H,4-25H2,1-3H3. The Bertz CT molecular complexity index is 375. The van der Waals surface area contributed by atoms with E-state index in [9.17, 15) is 4.79 Å². The minimum Gasteiger partial charge on any atom is -0.463 e. The third kappa shape index (κ3) is 25.6. The number of unbranched alkanes of at least 4 members (excludes halogenated alkanes) is 11. The quantitative estimate of drug-likeness (QED) is 0.101. The summed E-state index contributed by atoms with van der Waals surface area (Å²) in [5, 5.41) is 0. The maximum absolute atomic E-state index is 11.8. The lowest BCUT2D eigenvalue weighted by Crippen LogP contribution is -2.15. The van der Waals surface area contributed by atoms with Crippen LogP contribution in [0.4, 0.5) is 0 Å². The van der Waals surface area contributed by atoms with E-state index in [4.69, 9.17) is 18.9 Å². The van der Waals surface area contributed by atoms with E-state index in [1.165, 1.54) is 70.6 Å². The molecule has 0 aliphatic carbocycles. The Labute approximate surface area is 199 Å². The molecule has 0 saturated heterocycles. The highest BCUT2D eigenvalue weighted by molar-refractivity contribution is 5.69. The van der Waals surface area contributed by atoms with Crippen molar-refractivity contribution in [2.24, 2.45) is 0 Å². The van der Waals surface area contributed by atoms with Crippen molar-refractivity contribution in [1.29, 1.82) is 0 Å². The van der Waals surface area contributed by atoms with Gasteiger partial charge in [-0.2, -0.15) is 0 Å². The van der Waals surface area contributed by atoms with Crippen LogP contribution in [0, 0.1) is 0 Å². The fourth-order valence-corrected chi connectivity index (χ4v) is 3.58. The normalized spacial score (nSPS) is 12.2. The van der Waals surface area contributed by atoms with Gasteiger partial charge in [-0.25, -0.2) is 0 Å². The predicted octanol–water partition coefficient (Wildman–Crippen LogP) is 7.25. The summed E-state index contributed by atoms with van der Waals surface area (Å²) >= 11 is 0. The van der Waals surface area contributed by atoms with E-state index < -0.39 is 0 Å². The van der Waals surface area contributed by atoms with E-state index in [-0.39, 0.29) is 12.1 Å². The van der Waals surface area contributed by atoms with E-state index in [0.717, 1.165) is 25.9 Å². The van der Waals surface area contributed by atoms with Crippen molar-refractivity contribution in [1.82, 2.24) is 0 Å². The smallest absolute Gasteiger partial charge is 0.306 e. The Morgan fingerprint density at radius 1 is 0.562 bits per heavy atom. The molecule has 0 aromatic heterocycles. The number of carbonyl (C=O) groups is 1. The molecule has 0 bridgehead atoms. The summed E-state index contributed by atoms with van der Waals surface area (Å²) in [6.45, 7) is 10.2. The van der Waals surface area contributed by atoms with Crippen molar-refractivity contribution in [2.75, 3.05) is 39.6 Å². The van der Waals surface area contributed by atoms with Crippen LogP contribution in [0.15, 0.2) is 0 Å². The van der Waals surface area contributed by atoms with Crippen LogP contribution in [0.1, 0.15) is 124 Å². The Hall–Kier alpha value is -0.650. The Morgan fingerprint density at radius 3 is 1.56 bits per heavy atom. The van der Waals surface area contributed by atoms with Crippen LogP contribution in [0.5, 0.6) is 0 Å². The van der Waals surface area contributed by atoms with Crippen molar-refractivity contribution in [3.8, 4) is 0 Å². The summed E-state index contributed by atoms with van der Waals surface area (Å²) in [7, 11) is 0. The SMILES string of the molecule is CCCCCCCCCCCOCCOCCOCCCC(=O)OC(C)CCCCCC. The third-order valence-corrected chi connectivity index (χ3v) is 5.60. The molecule has 32 heavy (non-hydrogen) atoms. The second-order valence-electron chi connectivity index (χ2n) is 8.92. The molecule has 192 valence electrons. The van der Waals surface area contributed by atoms with E-state index >= 15 is 0 Å². The molecule has 0 aromatic rings. The Morgan fingerprint density at radius 2 is 1.00 bits per heavy atom. The van der Waals surface area contributed by atoms with Gasteiger partial charge in [0, 0.05) is 19.6 Å². The predicted molar refractivity (Wildman–Crippen MR) is 133 cm³/mol. The van der Waals surface area contributed by atoms with E-state index in [1.807, 2.05) is 6.92 Å². The van der Waals surface area contributed by atoms with Crippen LogP contribution in [0.2, 0.25) is 0 Å². The molecular formula is C27H54O5. The van der Waals surface area contributed by atoms with Gasteiger partial charge in [0.15, 0.2) is 0 Å². The molecule has 1 atom stereocenters. The summed E-state index contributed by atoms with van der Waals surface area (Å²) in [6.07, 6.45) is 19.0. The van der Waals surface area contributed by atoms with E-state index in [2.05, 4.69) is 13.8 Å². The molecule has 0 aliphatic heterocycles. The molecule has 0 radical (unpaired) electrons. The topological polar surface area (TPSA) is 54.0 Å². The lowest BCUT2D eigenvalue weighted by molar-refractivity contribution is -0.149. The van der Waals surface area contributed by atoms with Crippen molar-refractivity contribution in [3.63, 3.8) is 0 Å². The molecule has 0 spiro atoms. The largest absolute Gasteiger partial charge is 0.463 e. The van der Waals surface area contributed by atoms with Crippen LogP contribution in [0.3, 0.4) is 0 Å². The van der Waals surface area contributed by atoms with Crippen molar-refractivity contribution >= 4 is 5.97 Å².